The first-order chi connectivity index (χ1) is 34.6. The molecule has 0 aliphatic rings. The zero-order chi connectivity index (χ0) is 57.7. The molecule has 0 radical (unpaired) electrons. The second kappa shape index (κ2) is 30.8. The number of methoxy groups -OCH3 is 1. The minimum Gasteiger partial charge on any atom is -0.478 e. The van der Waals surface area contributed by atoms with Crippen molar-refractivity contribution in [2.45, 2.75) is 152 Å². The highest BCUT2D eigenvalue weighted by Gasteiger charge is 2.20. The summed E-state index contributed by atoms with van der Waals surface area (Å²) in [5.41, 5.74) is 27.3. The molecule has 0 saturated carbocycles. The monoisotopic (exact) mass is 1070 g/mol. The van der Waals surface area contributed by atoms with E-state index in [0.717, 1.165) is 65.7 Å². The fourth-order valence-electron chi connectivity index (χ4n) is 6.62. The van der Waals surface area contributed by atoms with E-state index in [9.17, 15) is 19.2 Å². The van der Waals surface area contributed by atoms with Crippen LogP contribution in [0.5, 0.6) is 0 Å². The Labute approximate surface area is 455 Å². The second-order valence-electron chi connectivity index (χ2n) is 20.3. The molecule has 5 aromatic carbocycles. The van der Waals surface area contributed by atoms with Crippen molar-refractivity contribution < 1.29 is 38.5 Å². The number of amides is 2. The lowest BCUT2D eigenvalue weighted by Gasteiger charge is -2.22. The maximum atomic E-state index is 11.7. The molecule has 0 aliphatic heterocycles. The molecule has 16 heteroatoms. The number of carboxylic acid groups (broad SMARTS) is 1. The number of alkyl carbamates (subject to hydrolysis) is 2. The van der Waals surface area contributed by atoms with Crippen LogP contribution in [0.4, 0.5) is 9.59 Å². The Morgan fingerprint density at radius 1 is 0.533 bits per heavy atom. The Hall–Kier alpha value is -6.47. The standard InChI is InChI=1S/C15H20N2O2.C14H20ClNO2.C11H15NO2.C10H13NO2.C9H12ClN/c1-10-8-12(6-7-13(10)9-16)11(2)17-14(18)19-15(3,4)5;1-9-8-11(6-7-12(9)15)10(2)16-13(17)18-14(3,4)5;1-7-6-9(8(2)12)4-5-10(7)11(13)14-3;1-6-5-8(7(2)11)3-4-9(6)10(12)13;1-6-5-8(7(2)11)3-4-9(6)10/h6-8,11H,1-5H3,(H,17,18);6-8,10H,1-5H3,(H,16,17);4-6,8H,12H2,1-3H3;3-5,7H,11H2,1-2H3,(H,12,13);3-5,7H,11H2,1-2H3/t11-;10-;8-;2*7-/m00000/s1. The third-order valence-electron chi connectivity index (χ3n) is 10.9. The number of carbonyl (C=O) groups is 4. The van der Waals surface area contributed by atoms with E-state index in [2.05, 4.69) is 21.4 Å². The normalized spacial score (nSPS) is 12.7. The number of nitrogens with one attached hydrogen (secondary N) is 2. The molecule has 75 heavy (non-hydrogen) atoms. The van der Waals surface area contributed by atoms with Crippen molar-refractivity contribution >= 4 is 47.3 Å². The van der Waals surface area contributed by atoms with Gasteiger partial charge in [-0.25, -0.2) is 19.2 Å². The van der Waals surface area contributed by atoms with E-state index in [1.807, 2.05) is 171 Å². The van der Waals surface area contributed by atoms with Crippen molar-refractivity contribution in [2.75, 3.05) is 7.11 Å². The van der Waals surface area contributed by atoms with Crippen molar-refractivity contribution in [3.63, 3.8) is 0 Å². The number of nitriles is 1. The molecule has 0 spiro atoms. The van der Waals surface area contributed by atoms with Crippen LogP contribution in [0.2, 0.25) is 10.0 Å². The highest BCUT2D eigenvalue weighted by atomic mass is 35.5. The summed E-state index contributed by atoms with van der Waals surface area (Å²) in [6.45, 7) is 29.9. The maximum absolute atomic E-state index is 11.7. The summed E-state index contributed by atoms with van der Waals surface area (Å²) in [7, 11) is 1.38. The molecule has 5 aromatic rings. The Balaban J connectivity index is 0.000000475. The van der Waals surface area contributed by atoms with Gasteiger partial charge in [0.05, 0.1) is 42.0 Å². The van der Waals surface area contributed by atoms with E-state index >= 15 is 0 Å². The molecule has 408 valence electrons. The van der Waals surface area contributed by atoms with Gasteiger partial charge in [0.15, 0.2) is 0 Å². The zero-order valence-electron chi connectivity index (χ0n) is 46.8. The van der Waals surface area contributed by atoms with Crippen molar-refractivity contribution in [1.82, 2.24) is 10.6 Å². The minimum atomic E-state index is -0.895. The van der Waals surface area contributed by atoms with Crippen LogP contribution < -0.4 is 27.8 Å². The van der Waals surface area contributed by atoms with E-state index in [1.54, 1.807) is 31.2 Å². The third kappa shape index (κ3) is 24.6. The molecule has 5 atom stereocenters. The molecule has 0 aromatic heterocycles. The predicted octanol–water partition coefficient (Wildman–Crippen LogP) is 13.9. The lowest BCUT2D eigenvalue weighted by molar-refractivity contribution is 0.0496. The van der Waals surface area contributed by atoms with Crippen LogP contribution in [0.1, 0.15) is 188 Å². The summed E-state index contributed by atoms with van der Waals surface area (Å²) in [5, 5.41) is 24.7. The van der Waals surface area contributed by atoms with Gasteiger partial charge in [0.1, 0.15) is 11.2 Å². The summed E-state index contributed by atoms with van der Waals surface area (Å²) in [6, 6.07) is 29.6. The number of rotatable bonds is 9. The van der Waals surface area contributed by atoms with E-state index in [1.165, 1.54) is 7.11 Å². The van der Waals surface area contributed by atoms with E-state index in [-0.39, 0.29) is 36.2 Å². The summed E-state index contributed by atoms with van der Waals surface area (Å²) in [6.07, 6.45) is -0.857. The van der Waals surface area contributed by atoms with Gasteiger partial charge in [-0.3, -0.25) is 0 Å². The van der Waals surface area contributed by atoms with Crippen molar-refractivity contribution in [3.8, 4) is 6.07 Å². The van der Waals surface area contributed by atoms with Gasteiger partial charge in [0.2, 0.25) is 0 Å². The molecule has 0 bridgehead atoms. The lowest BCUT2D eigenvalue weighted by Crippen LogP contribution is -2.34. The number of aryl methyl sites for hydroxylation is 5. The van der Waals surface area contributed by atoms with Crippen molar-refractivity contribution in [2.24, 2.45) is 17.2 Å². The van der Waals surface area contributed by atoms with Crippen LogP contribution in [0.3, 0.4) is 0 Å². The number of ether oxygens (including phenoxy) is 3. The van der Waals surface area contributed by atoms with Crippen molar-refractivity contribution in [3.05, 3.63) is 173 Å². The first-order valence-corrected chi connectivity index (χ1v) is 25.2. The average Bonchev–Trinajstić information content (AvgIpc) is 3.29. The fraction of sp³-hybridized carbons (Fsp3) is 0.407. The summed E-state index contributed by atoms with van der Waals surface area (Å²) in [5.74, 6) is -1.20. The summed E-state index contributed by atoms with van der Waals surface area (Å²) < 4.78 is 15.1. The summed E-state index contributed by atoms with van der Waals surface area (Å²) in [4.78, 5) is 45.2. The number of nitrogens with zero attached hydrogens (tertiary/aromatic N) is 1. The molecule has 0 heterocycles. The second-order valence-corrected chi connectivity index (χ2v) is 21.1. The maximum Gasteiger partial charge on any atom is 0.408 e. The van der Waals surface area contributed by atoms with Crippen LogP contribution in [0.25, 0.3) is 0 Å². The molecule has 14 nitrogen and oxygen atoms in total. The molecule has 0 unspecified atom stereocenters. The van der Waals surface area contributed by atoms with Crippen LogP contribution in [-0.4, -0.2) is 47.5 Å². The SMILES string of the molecule is COC(=O)c1ccc([C@H](C)N)cc1C.Cc1cc([C@H](C)N)ccc1C(=O)O.Cc1cc([C@H](C)N)ccc1Cl.Cc1cc([C@H](C)NC(=O)OC(C)(C)C)ccc1C#N.Cc1cc([C@H](C)NC(=O)OC(C)(C)C)ccc1Cl. The number of hydrogen-bond donors (Lipinski definition) is 6. The minimum absolute atomic E-state index is 0.0135. The van der Waals surface area contributed by atoms with Gasteiger partial charge in [0.25, 0.3) is 0 Å². The number of esters is 1. The predicted molar refractivity (Wildman–Crippen MR) is 302 cm³/mol. The van der Waals surface area contributed by atoms with Gasteiger partial charge in [-0.15, -0.1) is 0 Å². The number of halogens is 2. The Bertz CT molecular complexity index is 2740. The van der Waals surface area contributed by atoms with E-state index < -0.39 is 29.4 Å². The van der Waals surface area contributed by atoms with E-state index in [0.29, 0.717) is 16.7 Å². The highest BCUT2D eigenvalue weighted by Crippen LogP contribution is 2.23. The van der Waals surface area contributed by atoms with Gasteiger partial charge in [-0.05, 0) is 197 Å². The largest absolute Gasteiger partial charge is 0.478 e. The van der Waals surface area contributed by atoms with Gasteiger partial charge in [0, 0.05) is 28.2 Å². The number of nitrogens with two attached hydrogens (primary N) is 3. The quantitative estimate of drug-likeness (QED) is 0.0597. The number of aromatic carboxylic acids is 1. The molecule has 9 N–H and O–H groups in total. The average molecular weight is 1070 g/mol. The number of carboxylic acids is 1. The number of carbonyl (C=O) groups excluding carboxylic acids is 3. The molecular weight excluding hydrogens is 992 g/mol. The topological polar surface area (TPSA) is 242 Å². The molecular formula is C59H80Cl2N6O8. The van der Waals surface area contributed by atoms with Crippen LogP contribution in [-0.2, 0) is 14.2 Å². The number of benzene rings is 5. The van der Waals surface area contributed by atoms with Crippen LogP contribution >= 0.6 is 23.2 Å². The van der Waals surface area contributed by atoms with Gasteiger partial charge < -0.3 is 47.2 Å². The molecule has 0 aliphatic carbocycles. The Morgan fingerprint density at radius 2 is 0.853 bits per heavy atom. The molecule has 5 rings (SSSR count). The molecule has 0 saturated heterocycles. The van der Waals surface area contributed by atoms with Gasteiger partial charge >= 0.3 is 24.1 Å². The lowest BCUT2D eigenvalue weighted by atomic mass is 10.0. The van der Waals surface area contributed by atoms with Gasteiger partial charge in [-0.2, -0.15) is 5.26 Å². The molecule has 2 amide bonds. The number of hydrogen-bond acceptors (Lipinski definition) is 11. The first kappa shape index (κ1) is 66.5. The summed E-state index contributed by atoms with van der Waals surface area (Å²) >= 11 is 11.8. The van der Waals surface area contributed by atoms with E-state index in [4.69, 9.17) is 60.2 Å². The third-order valence-corrected chi connectivity index (χ3v) is 11.8. The Morgan fingerprint density at radius 3 is 1.16 bits per heavy atom. The van der Waals surface area contributed by atoms with Crippen LogP contribution in [0, 0.1) is 45.9 Å². The fourth-order valence-corrected chi connectivity index (χ4v) is 6.86. The van der Waals surface area contributed by atoms with Crippen molar-refractivity contribution in [1.29, 1.82) is 5.26 Å². The van der Waals surface area contributed by atoms with Gasteiger partial charge in [-0.1, -0.05) is 83.9 Å². The highest BCUT2D eigenvalue weighted by molar-refractivity contribution is 6.31. The van der Waals surface area contributed by atoms with Crippen LogP contribution in [0.15, 0.2) is 91.0 Å². The first-order valence-electron chi connectivity index (χ1n) is 24.4. The Kier molecular flexibility index (Phi) is 27.3. The zero-order valence-corrected chi connectivity index (χ0v) is 48.3. The smallest absolute Gasteiger partial charge is 0.408 e. The molecule has 0 fully saturated rings.